The number of nitrogens with zero attached hydrogens (tertiary/aromatic N) is 3. The molecule has 0 bridgehead atoms. The third-order valence-corrected chi connectivity index (χ3v) is 3.34. The minimum Gasteiger partial charge on any atom is -0.338 e. The second kappa shape index (κ2) is 7.09. The van der Waals surface area contributed by atoms with Crippen LogP contribution in [-0.4, -0.2) is 53.5 Å². The van der Waals surface area contributed by atoms with Crippen molar-refractivity contribution in [3.8, 4) is 0 Å². The van der Waals surface area contributed by atoms with E-state index in [-0.39, 0.29) is 6.03 Å². The van der Waals surface area contributed by atoms with Crippen molar-refractivity contribution in [2.75, 3.05) is 32.7 Å². The fraction of sp³-hybridized carbons (Fsp3) is 0.571. The number of carbonyl (C=O) groups is 1. The summed E-state index contributed by atoms with van der Waals surface area (Å²) < 4.78 is 0. The molecule has 0 saturated carbocycles. The van der Waals surface area contributed by atoms with E-state index in [1.807, 2.05) is 29.4 Å². The molecule has 2 heterocycles. The lowest BCUT2D eigenvalue weighted by Gasteiger charge is -2.34. The van der Waals surface area contributed by atoms with Gasteiger partial charge in [0.05, 0.1) is 0 Å². The summed E-state index contributed by atoms with van der Waals surface area (Å²) in [5.41, 5.74) is 1.28. The Balaban J connectivity index is 1.75. The van der Waals surface area contributed by atoms with Crippen LogP contribution in [0.3, 0.4) is 0 Å². The zero-order chi connectivity index (χ0) is 13.5. The average Bonchev–Trinajstić information content (AvgIpc) is 2.46. The van der Waals surface area contributed by atoms with E-state index < -0.39 is 0 Å². The number of pyridine rings is 1. The molecule has 0 spiro atoms. The molecular weight excluding hydrogens is 240 g/mol. The van der Waals surface area contributed by atoms with Crippen molar-refractivity contribution >= 4 is 6.03 Å². The highest BCUT2D eigenvalue weighted by molar-refractivity contribution is 5.74. The Hall–Kier alpha value is -1.62. The smallest absolute Gasteiger partial charge is 0.317 e. The fourth-order valence-electron chi connectivity index (χ4n) is 2.20. The summed E-state index contributed by atoms with van der Waals surface area (Å²) in [4.78, 5) is 20.1. The van der Waals surface area contributed by atoms with Gasteiger partial charge < -0.3 is 10.2 Å². The second-order valence-corrected chi connectivity index (χ2v) is 4.85. The SMILES string of the molecule is CCCNC(=O)N1CCN(Cc2ccncc2)CC1. The molecule has 19 heavy (non-hydrogen) atoms. The molecule has 1 N–H and O–H groups in total. The maximum atomic E-state index is 11.8. The molecule has 5 nitrogen and oxygen atoms in total. The lowest BCUT2D eigenvalue weighted by Crippen LogP contribution is -2.51. The van der Waals surface area contributed by atoms with Crippen LogP contribution in [0.2, 0.25) is 0 Å². The average molecular weight is 262 g/mol. The highest BCUT2D eigenvalue weighted by Gasteiger charge is 2.20. The predicted molar refractivity (Wildman–Crippen MR) is 74.8 cm³/mol. The van der Waals surface area contributed by atoms with Crippen LogP contribution >= 0.6 is 0 Å². The molecule has 2 amide bonds. The second-order valence-electron chi connectivity index (χ2n) is 4.85. The Morgan fingerprint density at radius 2 is 1.95 bits per heavy atom. The van der Waals surface area contributed by atoms with Crippen molar-refractivity contribution in [1.82, 2.24) is 20.1 Å². The number of hydrogen-bond donors (Lipinski definition) is 1. The number of aromatic nitrogens is 1. The predicted octanol–water partition coefficient (Wildman–Crippen LogP) is 1.32. The van der Waals surface area contributed by atoms with E-state index in [4.69, 9.17) is 0 Å². The highest BCUT2D eigenvalue weighted by atomic mass is 16.2. The van der Waals surface area contributed by atoms with E-state index in [2.05, 4.69) is 22.1 Å². The number of nitrogens with one attached hydrogen (secondary N) is 1. The Morgan fingerprint density at radius 1 is 1.26 bits per heavy atom. The van der Waals surface area contributed by atoms with Crippen LogP contribution in [0.5, 0.6) is 0 Å². The van der Waals surface area contributed by atoms with Gasteiger partial charge in [-0.3, -0.25) is 9.88 Å². The van der Waals surface area contributed by atoms with E-state index in [9.17, 15) is 4.79 Å². The van der Waals surface area contributed by atoms with Gasteiger partial charge in [0, 0.05) is 51.7 Å². The van der Waals surface area contributed by atoms with E-state index in [1.54, 1.807) is 0 Å². The van der Waals surface area contributed by atoms with Gasteiger partial charge in [0.25, 0.3) is 0 Å². The summed E-state index contributed by atoms with van der Waals surface area (Å²) in [6.45, 7) is 7.24. The Labute approximate surface area is 114 Å². The lowest BCUT2D eigenvalue weighted by molar-refractivity contribution is 0.135. The zero-order valence-electron chi connectivity index (χ0n) is 11.5. The van der Waals surface area contributed by atoms with E-state index in [0.29, 0.717) is 0 Å². The van der Waals surface area contributed by atoms with Crippen molar-refractivity contribution in [3.63, 3.8) is 0 Å². The molecule has 1 aliphatic heterocycles. The molecule has 1 aromatic heterocycles. The van der Waals surface area contributed by atoms with Crippen LogP contribution in [-0.2, 0) is 6.54 Å². The molecule has 0 unspecified atom stereocenters. The van der Waals surface area contributed by atoms with E-state index in [0.717, 1.165) is 45.7 Å². The van der Waals surface area contributed by atoms with E-state index in [1.165, 1.54) is 5.56 Å². The van der Waals surface area contributed by atoms with Gasteiger partial charge in [0.2, 0.25) is 0 Å². The molecule has 5 heteroatoms. The molecule has 0 aliphatic carbocycles. The number of piperazine rings is 1. The van der Waals surface area contributed by atoms with Gasteiger partial charge >= 0.3 is 6.03 Å². The normalized spacial score (nSPS) is 16.4. The molecular formula is C14H22N4O. The largest absolute Gasteiger partial charge is 0.338 e. The number of amides is 2. The van der Waals surface area contributed by atoms with Crippen LogP contribution < -0.4 is 5.32 Å². The lowest BCUT2D eigenvalue weighted by atomic mass is 10.2. The number of carbonyl (C=O) groups excluding carboxylic acids is 1. The van der Waals surface area contributed by atoms with Gasteiger partial charge in [-0.05, 0) is 24.1 Å². The van der Waals surface area contributed by atoms with Gasteiger partial charge in [0.1, 0.15) is 0 Å². The molecule has 0 aromatic carbocycles. The van der Waals surface area contributed by atoms with Crippen LogP contribution in [0.25, 0.3) is 0 Å². The van der Waals surface area contributed by atoms with Crippen LogP contribution in [0.1, 0.15) is 18.9 Å². The number of hydrogen-bond acceptors (Lipinski definition) is 3. The molecule has 1 aliphatic rings. The van der Waals surface area contributed by atoms with Gasteiger partial charge in [-0.2, -0.15) is 0 Å². The Bertz CT molecular complexity index is 388. The molecule has 1 saturated heterocycles. The molecule has 2 rings (SSSR count). The minimum absolute atomic E-state index is 0.0745. The number of urea groups is 1. The topological polar surface area (TPSA) is 48.5 Å². The molecule has 1 aromatic rings. The Morgan fingerprint density at radius 3 is 2.58 bits per heavy atom. The first-order valence-electron chi connectivity index (χ1n) is 6.93. The molecule has 0 radical (unpaired) electrons. The maximum absolute atomic E-state index is 11.8. The quantitative estimate of drug-likeness (QED) is 0.890. The van der Waals surface area contributed by atoms with Crippen LogP contribution in [0.15, 0.2) is 24.5 Å². The summed E-state index contributed by atoms with van der Waals surface area (Å²) in [5.74, 6) is 0. The molecule has 1 fully saturated rings. The van der Waals surface area contributed by atoms with Gasteiger partial charge in [-0.25, -0.2) is 4.79 Å². The first-order valence-corrected chi connectivity index (χ1v) is 6.93. The van der Waals surface area contributed by atoms with E-state index >= 15 is 0 Å². The summed E-state index contributed by atoms with van der Waals surface area (Å²) in [6.07, 6.45) is 4.63. The summed E-state index contributed by atoms with van der Waals surface area (Å²) >= 11 is 0. The summed E-state index contributed by atoms with van der Waals surface area (Å²) in [6, 6.07) is 4.16. The van der Waals surface area contributed by atoms with Crippen molar-refractivity contribution in [2.24, 2.45) is 0 Å². The summed E-state index contributed by atoms with van der Waals surface area (Å²) in [7, 11) is 0. The molecule has 0 atom stereocenters. The number of rotatable bonds is 4. The third kappa shape index (κ3) is 4.21. The standard InChI is InChI=1S/C14H22N4O/c1-2-5-16-14(19)18-10-8-17(9-11-18)12-13-3-6-15-7-4-13/h3-4,6-7H,2,5,8-12H2,1H3,(H,16,19). The zero-order valence-corrected chi connectivity index (χ0v) is 11.5. The first kappa shape index (κ1) is 13.8. The fourth-order valence-corrected chi connectivity index (χ4v) is 2.20. The van der Waals surface area contributed by atoms with Crippen molar-refractivity contribution in [1.29, 1.82) is 0 Å². The van der Waals surface area contributed by atoms with Crippen molar-refractivity contribution in [2.45, 2.75) is 19.9 Å². The van der Waals surface area contributed by atoms with Crippen molar-refractivity contribution < 1.29 is 4.79 Å². The summed E-state index contributed by atoms with van der Waals surface area (Å²) in [5, 5.41) is 2.93. The Kier molecular flexibility index (Phi) is 5.15. The monoisotopic (exact) mass is 262 g/mol. The van der Waals surface area contributed by atoms with Gasteiger partial charge in [-0.15, -0.1) is 0 Å². The third-order valence-electron chi connectivity index (χ3n) is 3.34. The van der Waals surface area contributed by atoms with Gasteiger partial charge in [-0.1, -0.05) is 6.92 Å². The van der Waals surface area contributed by atoms with Crippen molar-refractivity contribution in [3.05, 3.63) is 30.1 Å². The molecule has 104 valence electrons. The first-order chi connectivity index (χ1) is 9.29. The minimum atomic E-state index is 0.0745. The van der Waals surface area contributed by atoms with Crippen LogP contribution in [0, 0.1) is 0 Å². The van der Waals surface area contributed by atoms with Crippen LogP contribution in [0.4, 0.5) is 4.79 Å². The maximum Gasteiger partial charge on any atom is 0.317 e. The highest BCUT2D eigenvalue weighted by Crippen LogP contribution is 2.07. The van der Waals surface area contributed by atoms with Gasteiger partial charge in [0.15, 0.2) is 0 Å².